The lowest BCUT2D eigenvalue weighted by Crippen LogP contribution is -2.34. The lowest BCUT2D eigenvalue weighted by Gasteiger charge is -2.33. The minimum atomic E-state index is 0.320. The fourth-order valence-electron chi connectivity index (χ4n) is 2.98. The van der Waals surface area contributed by atoms with Gasteiger partial charge in [-0.05, 0) is 42.2 Å². The topological polar surface area (TPSA) is 35.2 Å². The van der Waals surface area contributed by atoms with E-state index in [9.17, 15) is 0 Å². The molecule has 1 aliphatic heterocycles. The Morgan fingerprint density at radius 2 is 2.25 bits per heavy atom. The van der Waals surface area contributed by atoms with Crippen LogP contribution >= 0.6 is 0 Å². The highest BCUT2D eigenvalue weighted by atomic mass is 16.5. The molecule has 0 amide bonds. The van der Waals surface area contributed by atoms with Gasteiger partial charge in [-0.2, -0.15) is 0 Å². The monoisotopic (exact) mass is 217 g/mol. The molecule has 3 unspecified atom stereocenters. The van der Waals surface area contributed by atoms with E-state index in [1.54, 1.807) is 0 Å². The molecule has 2 N–H and O–H groups in total. The van der Waals surface area contributed by atoms with Crippen LogP contribution in [0.4, 0.5) is 0 Å². The maximum absolute atomic E-state index is 6.27. The Morgan fingerprint density at radius 1 is 1.38 bits per heavy atom. The van der Waals surface area contributed by atoms with Gasteiger partial charge in [0.1, 0.15) is 0 Å². The molecule has 0 spiro atoms. The summed E-state index contributed by atoms with van der Waals surface area (Å²) in [7, 11) is 0. The Hall–Kier alpha value is -0.860. The zero-order chi connectivity index (χ0) is 11.0. The third-order valence-corrected chi connectivity index (χ3v) is 4.09. The van der Waals surface area contributed by atoms with Crippen molar-refractivity contribution in [2.24, 2.45) is 11.7 Å². The summed E-state index contributed by atoms with van der Waals surface area (Å²) >= 11 is 0. The first-order valence-electron chi connectivity index (χ1n) is 6.25. The van der Waals surface area contributed by atoms with E-state index >= 15 is 0 Å². The smallest absolute Gasteiger partial charge is 0.0509 e. The van der Waals surface area contributed by atoms with Crippen molar-refractivity contribution in [3.05, 3.63) is 35.4 Å². The van der Waals surface area contributed by atoms with Gasteiger partial charge in [0.2, 0.25) is 0 Å². The molecule has 1 aliphatic carbocycles. The molecule has 1 heterocycles. The molecule has 2 aliphatic rings. The molecule has 0 radical (unpaired) electrons. The second kappa shape index (κ2) is 4.19. The number of benzene rings is 1. The van der Waals surface area contributed by atoms with Gasteiger partial charge >= 0.3 is 0 Å². The SMILES string of the molecule is NC(CC1Cc2ccccc21)C1CCOC1. The molecule has 86 valence electrons. The lowest BCUT2D eigenvalue weighted by atomic mass is 9.73. The second-order valence-corrected chi connectivity index (χ2v) is 5.12. The number of rotatable bonds is 3. The number of fused-ring (bicyclic) bond motifs is 1. The summed E-state index contributed by atoms with van der Waals surface area (Å²) in [4.78, 5) is 0. The summed E-state index contributed by atoms with van der Waals surface area (Å²) in [6.45, 7) is 1.77. The van der Waals surface area contributed by atoms with Crippen molar-refractivity contribution in [3.63, 3.8) is 0 Å². The van der Waals surface area contributed by atoms with Crippen molar-refractivity contribution >= 4 is 0 Å². The van der Waals surface area contributed by atoms with Crippen molar-refractivity contribution < 1.29 is 4.74 Å². The van der Waals surface area contributed by atoms with Gasteiger partial charge in [-0.25, -0.2) is 0 Å². The zero-order valence-corrected chi connectivity index (χ0v) is 9.56. The highest BCUT2D eigenvalue weighted by Crippen LogP contribution is 2.39. The Balaban J connectivity index is 1.61. The van der Waals surface area contributed by atoms with E-state index in [1.165, 1.54) is 17.5 Å². The van der Waals surface area contributed by atoms with E-state index in [2.05, 4.69) is 24.3 Å². The van der Waals surface area contributed by atoms with Crippen LogP contribution in [0.1, 0.15) is 29.9 Å². The van der Waals surface area contributed by atoms with Crippen LogP contribution in [0.5, 0.6) is 0 Å². The fraction of sp³-hybridized carbons (Fsp3) is 0.571. The van der Waals surface area contributed by atoms with E-state index in [0.29, 0.717) is 17.9 Å². The van der Waals surface area contributed by atoms with Gasteiger partial charge in [0, 0.05) is 12.6 Å². The van der Waals surface area contributed by atoms with E-state index < -0.39 is 0 Å². The molecule has 0 saturated carbocycles. The molecule has 1 fully saturated rings. The number of hydrogen-bond acceptors (Lipinski definition) is 2. The fourth-order valence-corrected chi connectivity index (χ4v) is 2.98. The number of hydrogen-bond donors (Lipinski definition) is 1. The van der Waals surface area contributed by atoms with E-state index in [1.807, 2.05) is 0 Å². The predicted octanol–water partition coefficient (Wildman–Crippen LogP) is 2.08. The predicted molar refractivity (Wildman–Crippen MR) is 64.4 cm³/mol. The summed E-state index contributed by atoms with van der Waals surface area (Å²) in [5.74, 6) is 1.29. The zero-order valence-electron chi connectivity index (χ0n) is 9.56. The van der Waals surface area contributed by atoms with Crippen LogP contribution in [0.25, 0.3) is 0 Å². The van der Waals surface area contributed by atoms with Gasteiger partial charge in [0.05, 0.1) is 6.61 Å². The van der Waals surface area contributed by atoms with Gasteiger partial charge in [0.25, 0.3) is 0 Å². The summed E-state index contributed by atoms with van der Waals surface area (Å²) in [5.41, 5.74) is 9.31. The van der Waals surface area contributed by atoms with Crippen LogP contribution < -0.4 is 5.73 Å². The van der Waals surface area contributed by atoms with E-state index in [4.69, 9.17) is 10.5 Å². The van der Waals surface area contributed by atoms with E-state index in [0.717, 1.165) is 26.1 Å². The number of nitrogens with two attached hydrogens (primary N) is 1. The van der Waals surface area contributed by atoms with Gasteiger partial charge in [0.15, 0.2) is 0 Å². The average molecular weight is 217 g/mol. The normalized spacial score (nSPS) is 29.6. The molecule has 1 aromatic carbocycles. The summed E-state index contributed by atoms with van der Waals surface area (Å²) in [6, 6.07) is 9.06. The molecular formula is C14H19NO. The highest BCUT2D eigenvalue weighted by Gasteiger charge is 2.30. The van der Waals surface area contributed by atoms with Crippen molar-refractivity contribution in [1.29, 1.82) is 0 Å². The van der Waals surface area contributed by atoms with Gasteiger partial charge < -0.3 is 10.5 Å². The third kappa shape index (κ3) is 1.76. The molecule has 3 atom stereocenters. The average Bonchev–Trinajstić information content (AvgIpc) is 2.79. The summed E-state index contributed by atoms with van der Waals surface area (Å²) < 4.78 is 5.40. The standard InChI is InChI=1S/C14H19NO/c15-14(11-5-6-16-9-11)8-12-7-10-3-1-2-4-13(10)12/h1-4,11-12,14H,5-9,15H2. The molecule has 1 aromatic rings. The van der Waals surface area contributed by atoms with Gasteiger partial charge in [-0.1, -0.05) is 24.3 Å². The molecular weight excluding hydrogens is 198 g/mol. The molecule has 2 nitrogen and oxygen atoms in total. The summed E-state index contributed by atoms with van der Waals surface area (Å²) in [6.07, 6.45) is 3.50. The van der Waals surface area contributed by atoms with Gasteiger partial charge in [-0.3, -0.25) is 0 Å². The molecule has 0 bridgehead atoms. The van der Waals surface area contributed by atoms with Crippen molar-refractivity contribution in [2.45, 2.75) is 31.2 Å². The third-order valence-electron chi connectivity index (χ3n) is 4.09. The molecule has 1 saturated heterocycles. The maximum atomic E-state index is 6.27. The molecule has 0 aromatic heterocycles. The Kier molecular flexibility index (Phi) is 2.70. The Morgan fingerprint density at radius 3 is 3.00 bits per heavy atom. The van der Waals surface area contributed by atoms with Crippen LogP contribution in [0.3, 0.4) is 0 Å². The Bertz CT molecular complexity index is 371. The highest BCUT2D eigenvalue weighted by molar-refractivity contribution is 5.39. The number of ether oxygens (including phenoxy) is 1. The molecule has 2 heteroatoms. The first kappa shape index (κ1) is 10.3. The molecule has 16 heavy (non-hydrogen) atoms. The van der Waals surface area contributed by atoms with E-state index in [-0.39, 0.29) is 0 Å². The van der Waals surface area contributed by atoms with Gasteiger partial charge in [-0.15, -0.1) is 0 Å². The lowest BCUT2D eigenvalue weighted by molar-refractivity contribution is 0.178. The quantitative estimate of drug-likeness (QED) is 0.841. The summed E-state index contributed by atoms with van der Waals surface area (Å²) in [5, 5.41) is 0. The van der Waals surface area contributed by atoms with Crippen LogP contribution in [-0.4, -0.2) is 19.3 Å². The largest absolute Gasteiger partial charge is 0.381 e. The minimum Gasteiger partial charge on any atom is -0.381 e. The van der Waals surface area contributed by atoms with Crippen molar-refractivity contribution in [1.82, 2.24) is 0 Å². The minimum absolute atomic E-state index is 0.320. The Labute approximate surface area is 96.8 Å². The van der Waals surface area contributed by atoms with Crippen LogP contribution in [0, 0.1) is 5.92 Å². The van der Waals surface area contributed by atoms with Crippen LogP contribution in [-0.2, 0) is 11.2 Å². The van der Waals surface area contributed by atoms with Crippen molar-refractivity contribution in [3.8, 4) is 0 Å². The van der Waals surface area contributed by atoms with Crippen LogP contribution in [0.15, 0.2) is 24.3 Å². The maximum Gasteiger partial charge on any atom is 0.0509 e. The first-order valence-corrected chi connectivity index (χ1v) is 6.25. The second-order valence-electron chi connectivity index (χ2n) is 5.12. The van der Waals surface area contributed by atoms with Crippen LogP contribution in [0.2, 0.25) is 0 Å². The molecule has 3 rings (SSSR count). The first-order chi connectivity index (χ1) is 7.84. The van der Waals surface area contributed by atoms with Crippen molar-refractivity contribution in [2.75, 3.05) is 13.2 Å².